The van der Waals surface area contributed by atoms with Gasteiger partial charge in [0.15, 0.2) is 0 Å². The van der Waals surface area contributed by atoms with E-state index in [-0.39, 0.29) is 13.2 Å². The van der Waals surface area contributed by atoms with Gasteiger partial charge in [0.05, 0.1) is 6.21 Å². The Bertz CT molecular complexity index is 159. The van der Waals surface area contributed by atoms with Gasteiger partial charge in [0.2, 0.25) is 0 Å². The number of hydrogen-bond acceptors (Lipinski definition) is 3. The molecule has 0 aromatic heterocycles. The monoisotopic (exact) mass is 179 g/mol. The molecule has 0 aliphatic heterocycles. The molecule has 0 amide bonds. The van der Waals surface area contributed by atoms with E-state index in [0.717, 1.165) is 12.3 Å². The lowest BCUT2D eigenvalue weighted by atomic mass is 10.5. The maximum absolute atomic E-state index is 12.0. The van der Waals surface area contributed by atoms with Crippen molar-refractivity contribution in [2.24, 2.45) is 5.16 Å². The highest BCUT2D eigenvalue weighted by molar-refractivity contribution is 5.70. The van der Waals surface area contributed by atoms with Crippen LogP contribution in [-0.2, 0) is 4.84 Å². The predicted molar refractivity (Wildman–Crippen MR) is 41.3 cm³/mol. The number of alkyl halides is 1. The fraction of sp³-hybridized carbons (Fsp3) is 0.571. The normalized spacial score (nSPS) is 12.4. The van der Waals surface area contributed by atoms with Crippen molar-refractivity contribution >= 4 is 6.21 Å². The highest BCUT2D eigenvalue weighted by Gasteiger charge is 1.87. The van der Waals surface area contributed by atoms with Crippen molar-refractivity contribution in [2.45, 2.75) is 6.42 Å². The van der Waals surface area contributed by atoms with E-state index in [2.05, 4.69) is 9.99 Å². The van der Waals surface area contributed by atoms with Crippen molar-refractivity contribution in [3.05, 3.63) is 11.9 Å². The van der Waals surface area contributed by atoms with Gasteiger partial charge in [0.1, 0.15) is 19.1 Å². The number of allylic oxidation sites excluding steroid dienone is 2. The Balaban J connectivity index is 3.36. The van der Waals surface area contributed by atoms with Crippen molar-refractivity contribution in [2.75, 3.05) is 19.9 Å². The first-order valence-electron chi connectivity index (χ1n) is 3.48. The quantitative estimate of drug-likeness (QED) is 0.378. The number of halogens is 2. The summed E-state index contributed by atoms with van der Waals surface area (Å²) in [5.41, 5.74) is 0. The molecular weight excluding hydrogens is 168 g/mol. The zero-order valence-electron chi connectivity index (χ0n) is 6.54. The van der Waals surface area contributed by atoms with Crippen molar-refractivity contribution in [3.8, 4) is 0 Å². The summed E-state index contributed by atoms with van der Waals surface area (Å²) < 4.78 is 23.4. The molecule has 0 saturated carbocycles. The van der Waals surface area contributed by atoms with Crippen molar-refractivity contribution in [1.82, 2.24) is 0 Å². The first kappa shape index (κ1) is 11.0. The highest BCUT2D eigenvalue weighted by Crippen LogP contribution is 1.93. The molecule has 0 aliphatic carbocycles. The molecule has 3 nitrogen and oxygen atoms in total. The topological polar surface area (TPSA) is 41.8 Å². The Labute approximate surface area is 69.3 Å². The Morgan fingerprint density at radius 2 is 2.33 bits per heavy atom. The van der Waals surface area contributed by atoms with Gasteiger partial charge in [0.25, 0.3) is 0 Å². The summed E-state index contributed by atoms with van der Waals surface area (Å²) >= 11 is 0. The van der Waals surface area contributed by atoms with Gasteiger partial charge in [0, 0.05) is 13.0 Å². The van der Waals surface area contributed by atoms with Gasteiger partial charge in [-0.2, -0.15) is 0 Å². The maximum Gasteiger partial charge on any atom is 0.141 e. The van der Waals surface area contributed by atoms with Crippen molar-refractivity contribution in [1.29, 1.82) is 0 Å². The van der Waals surface area contributed by atoms with Crippen molar-refractivity contribution in [3.63, 3.8) is 0 Å². The second-order valence-corrected chi connectivity index (χ2v) is 1.91. The molecule has 0 radical (unpaired) electrons. The number of rotatable bonds is 6. The Morgan fingerprint density at radius 1 is 1.58 bits per heavy atom. The van der Waals surface area contributed by atoms with Crippen LogP contribution in [0.2, 0.25) is 0 Å². The van der Waals surface area contributed by atoms with Gasteiger partial charge < -0.3 is 9.94 Å². The summed E-state index contributed by atoms with van der Waals surface area (Å²) in [5.74, 6) is -0.899. The molecular formula is C7H11F2NO2. The lowest BCUT2D eigenvalue weighted by molar-refractivity contribution is 0.125. The largest absolute Gasteiger partial charge is 0.396 e. The molecule has 0 rings (SSSR count). The lowest BCUT2D eigenvalue weighted by Crippen LogP contribution is -1.91. The zero-order chi connectivity index (χ0) is 9.23. The summed E-state index contributed by atoms with van der Waals surface area (Å²) in [5, 5.41) is 11.6. The van der Waals surface area contributed by atoms with Gasteiger partial charge in [-0.3, -0.25) is 0 Å². The van der Waals surface area contributed by atoms with Crippen molar-refractivity contribution < 1.29 is 18.7 Å². The minimum atomic E-state index is -1.14. The van der Waals surface area contributed by atoms with Crippen LogP contribution in [0.15, 0.2) is 17.1 Å². The van der Waals surface area contributed by atoms with Gasteiger partial charge in [-0.15, -0.1) is 0 Å². The Morgan fingerprint density at radius 3 is 2.92 bits per heavy atom. The second-order valence-electron chi connectivity index (χ2n) is 1.91. The molecule has 70 valence electrons. The van der Waals surface area contributed by atoms with E-state index < -0.39 is 12.5 Å². The SMILES string of the molecule is OCCCO/N=C/C=C(\F)CF. The van der Waals surface area contributed by atoms with Crippen LogP contribution >= 0.6 is 0 Å². The molecule has 0 unspecified atom stereocenters. The van der Waals surface area contributed by atoms with Gasteiger partial charge >= 0.3 is 0 Å². The van der Waals surface area contributed by atoms with Crippen LogP contribution in [0.1, 0.15) is 6.42 Å². The van der Waals surface area contributed by atoms with Crippen LogP contribution < -0.4 is 0 Å². The molecule has 0 fully saturated rings. The molecule has 0 saturated heterocycles. The molecule has 0 spiro atoms. The summed E-state index contributed by atoms with van der Waals surface area (Å²) in [7, 11) is 0. The summed E-state index contributed by atoms with van der Waals surface area (Å²) in [6.45, 7) is -0.856. The fourth-order valence-electron chi connectivity index (χ4n) is 0.381. The Hall–Kier alpha value is -0.970. The molecule has 0 atom stereocenters. The molecule has 0 aromatic rings. The van der Waals surface area contributed by atoms with Crippen LogP contribution in [0.4, 0.5) is 8.78 Å². The molecule has 0 aromatic carbocycles. The lowest BCUT2D eigenvalue weighted by Gasteiger charge is -1.93. The van der Waals surface area contributed by atoms with Crippen LogP contribution in [0, 0.1) is 0 Å². The number of hydrogen-bond donors (Lipinski definition) is 1. The molecule has 1 N–H and O–H groups in total. The maximum atomic E-state index is 12.0. The highest BCUT2D eigenvalue weighted by atomic mass is 19.2. The molecule has 5 heteroatoms. The van der Waals surface area contributed by atoms with Crippen LogP contribution in [0.25, 0.3) is 0 Å². The van der Waals surface area contributed by atoms with Gasteiger partial charge in [-0.1, -0.05) is 5.16 Å². The predicted octanol–water partition coefficient (Wildman–Crippen LogP) is 1.19. The first-order chi connectivity index (χ1) is 5.81. The third-order valence-electron chi connectivity index (χ3n) is 0.912. The van der Waals surface area contributed by atoms with E-state index in [1.807, 2.05) is 0 Å². The Kier molecular flexibility index (Phi) is 7.47. The minimum Gasteiger partial charge on any atom is -0.396 e. The van der Waals surface area contributed by atoms with Gasteiger partial charge in [-0.25, -0.2) is 8.78 Å². The van der Waals surface area contributed by atoms with Gasteiger partial charge in [-0.05, 0) is 6.08 Å². The second kappa shape index (κ2) is 8.13. The molecule has 0 aliphatic rings. The van der Waals surface area contributed by atoms with E-state index in [1.54, 1.807) is 0 Å². The van der Waals surface area contributed by atoms with E-state index in [1.165, 1.54) is 0 Å². The summed E-state index contributed by atoms with van der Waals surface area (Å²) in [6, 6.07) is 0. The standard InChI is InChI=1S/C7H11F2NO2/c8-6-7(9)2-3-10-12-5-1-4-11/h2-3,11H,1,4-6H2/b7-2-,10-3+. The van der Waals surface area contributed by atoms with E-state index >= 15 is 0 Å². The van der Waals surface area contributed by atoms with Crippen LogP contribution in [0.5, 0.6) is 0 Å². The fourth-order valence-corrected chi connectivity index (χ4v) is 0.381. The van der Waals surface area contributed by atoms with Crippen LogP contribution in [0.3, 0.4) is 0 Å². The third-order valence-corrected chi connectivity index (χ3v) is 0.912. The van der Waals surface area contributed by atoms with E-state index in [0.29, 0.717) is 6.42 Å². The molecule has 12 heavy (non-hydrogen) atoms. The smallest absolute Gasteiger partial charge is 0.141 e. The van der Waals surface area contributed by atoms with E-state index in [9.17, 15) is 8.78 Å². The third kappa shape index (κ3) is 7.14. The summed E-state index contributed by atoms with van der Waals surface area (Å²) in [6.07, 6.45) is 2.36. The number of aliphatic hydroxyl groups excluding tert-OH is 1. The van der Waals surface area contributed by atoms with E-state index in [4.69, 9.17) is 5.11 Å². The minimum absolute atomic E-state index is 0.0181. The zero-order valence-corrected chi connectivity index (χ0v) is 6.54. The number of aliphatic hydroxyl groups is 1. The number of oxime groups is 1. The van der Waals surface area contributed by atoms with Crippen LogP contribution in [-0.4, -0.2) is 31.2 Å². The molecule has 0 heterocycles. The molecule has 0 bridgehead atoms. The number of nitrogens with zero attached hydrogens (tertiary/aromatic N) is 1. The first-order valence-corrected chi connectivity index (χ1v) is 3.48. The average Bonchev–Trinajstić information content (AvgIpc) is 2.10. The average molecular weight is 179 g/mol. The summed E-state index contributed by atoms with van der Waals surface area (Å²) in [4.78, 5) is 4.54.